The van der Waals surface area contributed by atoms with Gasteiger partial charge < -0.3 is 10.1 Å². The first-order valence-electron chi connectivity index (χ1n) is 7.09. The molecule has 0 bridgehead atoms. The molecule has 0 aromatic heterocycles. The molecule has 0 heterocycles. The van der Waals surface area contributed by atoms with Crippen molar-refractivity contribution in [3.05, 3.63) is 12.2 Å². The van der Waals surface area contributed by atoms with Crippen LogP contribution in [0.2, 0.25) is 0 Å². The van der Waals surface area contributed by atoms with Gasteiger partial charge in [-0.3, -0.25) is 10.1 Å². The van der Waals surface area contributed by atoms with E-state index in [1.807, 2.05) is 55.4 Å². The van der Waals surface area contributed by atoms with Gasteiger partial charge in [-0.1, -0.05) is 12.2 Å². The normalized spacial score (nSPS) is 13.2. The number of ether oxygens (including phenoxy) is 1. The van der Waals surface area contributed by atoms with Crippen LogP contribution in [0.4, 0.5) is 0 Å². The zero-order valence-electron chi connectivity index (χ0n) is 14.4. The fourth-order valence-corrected chi connectivity index (χ4v) is 1.92. The summed E-state index contributed by atoms with van der Waals surface area (Å²) in [4.78, 5) is 12.3. The van der Waals surface area contributed by atoms with Gasteiger partial charge in [0.25, 0.3) is 0 Å². The van der Waals surface area contributed by atoms with Gasteiger partial charge in [0.05, 0.1) is 18.8 Å². The van der Waals surface area contributed by atoms with Crippen LogP contribution in [-0.2, 0) is 9.53 Å². The van der Waals surface area contributed by atoms with E-state index in [2.05, 4.69) is 17.2 Å². The topological polar surface area (TPSA) is 50.4 Å². The van der Waals surface area contributed by atoms with E-state index >= 15 is 0 Å². The maximum atomic E-state index is 12.3. The minimum Gasteiger partial charge on any atom is -0.375 e. The number of carbonyl (C=O) groups is 1. The fraction of sp³-hybridized carbons (Fsp3) is 0.812. The average molecular weight is 284 g/mol. The third-order valence-electron chi connectivity index (χ3n) is 2.52. The molecule has 0 fully saturated rings. The number of amides is 1. The first-order valence-corrected chi connectivity index (χ1v) is 7.09. The second-order valence-corrected chi connectivity index (χ2v) is 7.79. The summed E-state index contributed by atoms with van der Waals surface area (Å²) < 4.78 is 5.59. The van der Waals surface area contributed by atoms with Gasteiger partial charge in [0, 0.05) is 11.1 Å². The highest BCUT2D eigenvalue weighted by Crippen LogP contribution is 2.14. The first-order chi connectivity index (χ1) is 8.75. The quantitative estimate of drug-likeness (QED) is 0.707. The third kappa shape index (κ3) is 8.33. The van der Waals surface area contributed by atoms with Crippen molar-refractivity contribution in [1.82, 2.24) is 10.6 Å². The minimum atomic E-state index is -0.663. The number of nitrogens with one attached hydrogen (secondary N) is 2. The van der Waals surface area contributed by atoms with E-state index in [0.717, 1.165) is 5.57 Å². The van der Waals surface area contributed by atoms with E-state index in [0.29, 0.717) is 13.2 Å². The summed E-state index contributed by atoms with van der Waals surface area (Å²) in [5, 5.41) is 6.36. The smallest absolute Gasteiger partial charge is 0.240 e. The molecule has 118 valence electrons. The van der Waals surface area contributed by atoms with Crippen molar-refractivity contribution in [2.24, 2.45) is 0 Å². The minimum absolute atomic E-state index is 0.0158. The van der Waals surface area contributed by atoms with Gasteiger partial charge in [-0.25, -0.2) is 0 Å². The summed E-state index contributed by atoms with van der Waals surface area (Å²) in [6, 6.07) is 0. The van der Waals surface area contributed by atoms with E-state index < -0.39 is 5.54 Å². The Kier molecular flexibility index (Phi) is 6.43. The summed E-state index contributed by atoms with van der Waals surface area (Å²) in [5.74, 6) is -0.0158. The Balaban J connectivity index is 4.56. The molecule has 0 aliphatic carbocycles. The Hall–Kier alpha value is -0.870. The lowest BCUT2D eigenvalue weighted by atomic mass is 9.95. The molecule has 20 heavy (non-hydrogen) atoms. The highest BCUT2D eigenvalue weighted by molar-refractivity contribution is 5.86. The van der Waals surface area contributed by atoms with Crippen LogP contribution in [-0.4, -0.2) is 35.7 Å². The zero-order chi connectivity index (χ0) is 16.2. The van der Waals surface area contributed by atoms with Gasteiger partial charge in [-0.2, -0.15) is 0 Å². The Bertz CT molecular complexity index is 352. The second-order valence-electron chi connectivity index (χ2n) is 7.79. The number of hydrogen-bond donors (Lipinski definition) is 2. The Morgan fingerprint density at radius 1 is 1.10 bits per heavy atom. The second kappa shape index (κ2) is 6.72. The zero-order valence-corrected chi connectivity index (χ0v) is 14.4. The molecule has 0 saturated heterocycles. The van der Waals surface area contributed by atoms with Crippen molar-refractivity contribution in [2.75, 3.05) is 13.2 Å². The van der Waals surface area contributed by atoms with Crippen LogP contribution in [0.5, 0.6) is 0 Å². The van der Waals surface area contributed by atoms with Crippen molar-refractivity contribution < 1.29 is 9.53 Å². The van der Waals surface area contributed by atoms with Gasteiger partial charge in [-0.05, 0) is 55.4 Å². The van der Waals surface area contributed by atoms with E-state index in [1.165, 1.54) is 0 Å². The maximum absolute atomic E-state index is 12.3. The van der Waals surface area contributed by atoms with Crippen molar-refractivity contribution in [3.63, 3.8) is 0 Å². The molecule has 0 unspecified atom stereocenters. The lowest BCUT2D eigenvalue weighted by Gasteiger charge is -2.37. The molecule has 0 saturated carbocycles. The molecule has 1 amide bonds. The highest BCUT2D eigenvalue weighted by Gasteiger charge is 2.35. The number of rotatable bonds is 7. The van der Waals surface area contributed by atoms with Crippen LogP contribution in [0.25, 0.3) is 0 Å². The average Bonchev–Trinajstić information content (AvgIpc) is 2.11. The van der Waals surface area contributed by atoms with Crippen LogP contribution in [0.3, 0.4) is 0 Å². The fourth-order valence-electron chi connectivity index (χ4n) is 1.92. The molecule has 0 aliphatic rings. The summed E-state index contributed by atoms with van der Waals surface area (Å²) in [6.45, 7) is 20.5. The Morgan fingerprint density at radius 3 is 2.00 bits per heavy atom. The molecule has 0 atom stereocenters. The molecule has 0 radical (unpaired) electrons. The number of carbonyl (C=O) groups excluding carboxylic acids is 1. The molecule has 0 aliphatic heterocycles. The standard InChI is InChI=1S/C16H32N2O2/c1-12(2)10-20-11-15(6,7)18-16(8,9)13(19)17-14(3,4)5/h18H,1,10-11H2,2-9H3,(H,17,19). The van der Waals surface area contributed by atoms with Crippen molar-refractivity contribution in [3.8, 4) is 0 Å². The molecule has 0 aromatic rings. The molecule has 4 heteroatoms. The molecular formula is C16H32N2O2. The molecule has 2 N–H and O–H groups in total. The van der Waals surface area contributed by atoms with Gasteiger partial charge in [-0.15, -0.1) is 0 Å². The van der Waals surface area contributed by atoms with Crippen molar-refractivity contribution in [2.45, 2.75) is 72.0 Å². The lowest BCUT2D eigenvalue weighted by Crippen LogP contribution is -2.63. The first kappa shape index (κ1) is 19.1. The summed E-state index contributed by atoms with van der Waals surface area (Å²) in [5.41, 5.74) is -0.209. The Morgan fingerprint density at radius 2 is 1.60 bits per heavy atom. The van der Waals surface area contributed by atoms with Gasteiger partial charge >= 0.3 is 0 Å². The summed E-state index contributed by atoms with van der Waals surface area (Å²) >= 11 is 0. The molecule has 0 aromatic carbocycles. The largest absolute Gasteiger partial charge is 0.375 e. The monoisotopic (exact) mass is 284 g/mol. The summed E-state index contributed by atoms with van der Waals surface area (Å²) in [6.07, 6.45) is 0. The van der Waals surface area contributed by atoms with Crippen LogP contribution >= 0.6 is 0 Å². The van der Waals surface area contributed by atoms with Crippen LogP contribution < -0.4 is 10.6 Å². The molecule has 0 spiro atoms. The van der Waals surface area contributed by atoms with E-state index in [1.54, 1.807) is 0 Å². The predicted octanol–water partition coefficient (Wildman–Crippen LogP) is 2.64. The van der Waals surface area contributed by atoms with E-state index in [-0.39, 0.29) is 17.0 Å². The van der Waals surface area contributed by atoms with E-state index in [4.69, 9.17) is 4.74 Å². The number of hydrogen-bond acceptors (Lipinski definition) is 3. The van der Waals surface area contributed by atoms with E-state index in [9.17, 15) is 4.79 Å². The molecule has 0 rings (SSSR count). The molecule has 4 nitrogen and oxygen atoms in total. The van der Waals surface area contributed by atoms with Crippen LogP contribution in [0.1, 0.15) is 55.4 Å². The molecular weight excluding hydrogens is 252 g/mol. The van der Waals surface area contributed by atoms with Crippen LogP contribution in [0.15, 0.2) is 12.2 Å². The van der Waals surface area contributed by atoms with Crippen LogP contribution in [0, 0.1) is 0 Å². The van der Waals surface area contributed by atoms with Crippen molar-refractivity contribution >= 4 is 5.91 Å². The highest BCUT2D eigenvalue weighted by atomic mass is 16.5. The summed E-state index contributed by atoms with van der Waals surface area (Å²) in [7, 11) is 0. The lowest BCUT2D eigenvalue weighted by molar-refractivity contribution is -0.129. The Labute approximate surface area is 124 Å². The predicted molar refractivity (Wildman–Crippen MR) is 84.8 cm³/mol. The van der Waals surface area contributed by atoms with Crippen molar-refractivity contribution in [1.29, 1.82) is 0 Å². The van der Waals surface area contributed by atoms with Gasteiger partial charge in [0.1, 0.15) is 0 Å². The van der Waals surface area contributed by atoms with Gasteiger partial charge in [0.2, 0.25) is 5.91 Å². The third-order valence-corrected chi connectivity index (χ3v) is 2.52. The SMILES string of the molecule is C=C(C)COCC(C)(C)NC(C)(C)C(=O)NC(C)(C)C. The maximum Gasteiger partial charge on any atom is 0.240 e. The van der Waals surface area contributed by atoms with Gasteiger partial charge in [0.15, 0.2) is 0 Å².